The minimum Gasteiger partial charge on any atom is -1.00 e. The second-order valence-electron chi connectivity index (χ2n) is 8.13. The van der Waals surface area contributed by atoms with Crippen LogP contribution in [0.1, 0.15) is 58.0 Å². The standard InChI is InChI=1S/C28H25.2ClH.Zr/c1-2-3-14-26-25-15-8-7-12-22(25)18-28(26)23-17-21-13-9-16-24(27(21)19-23)20-10-5-4-6-11-20;;;/h4-13,15-19,26H,2-3,14H2,1H3;2*1H;/q;;;+2/p-2. The third-order valence-electron chi connectivity index (χ3n) is 6.38. The summed E-state index contributed by atoms with van der Waals surface area (Å²) in [6, 6.07) is 26.7. The summed E-state index contributed by atoms with van der Waals surface area (Å²) in [6.45, 7) is 2.30. The molecule has 0 saturated carbocycles. The van der Waals surface area contributed by atoms with Crippen LogP contribution < -0.4 is 24.8 Å². The van der Waals surface area contributed by atoms with Gasteiger partial charge in [-0.3, -0.25) is 0 Å². The smallest absolute Gasteiger partial charge is 1.00 e. The van der Waals surface area contributed by atoms with E-state index in [1.54, 1.807) is 35.9 Å². The molecular weight excluding hydrogens is 498 g/mol. The molecule has 0 fully saturated rings. The molecule has 2 unspecified atom stereocenters. The van der Waals surface area contributed by atoms with Crippen LogP contribution in [-0.4, -0.2) is 0 Å². The van der Waals surface area contributed by atoms with Gasteiger partial charge >= 0.3 is 190 Å². The second kappa shape index (κ2) is 10.5. The molecule has 0 radical (unpaired) electrons. The summed E-state index contributed by atoms with van der Waals surface area (Å²) in [5, 5.41) is 0. The molecule has 0 amide bonds. The molecule has 0 heterocycles. The summed E-state index contributed by atoms with van der Waals surface area (Å²) in [5.74, 6) is 0.551. The Hall–Kier alpha value is -1.40. The van der Waals surface area contributed by atoms with E-state index in [-0.39, 0.29) is 24.8 Å². The van der Waals surface area contributed by atoms with Gasteiger partial charge in [-0.05, 0) is 0 Å². The van der Waals surface area contributed by atoms with Crippen LogP contribution in [0.15, 0.2) is 83.9 Å². The van der Waals surface area contributed by atoms with Gasteiger partial charge in [-0.2, -0.15) is 0 Å². The molecule has 31 heavy (non-hydrogen) atoms. The molecule has 0 N–H and O–H groups in total. The van der Waals surface area contributed by atoms with E-state index < -0.39 is 0 Å². The van der Waals surface area contributed by atoms with E-state index in [0.29, 0.717) is 9.54 Å². The normalized spacial score (nSPS) is 18.3. The zero-order chi connectivity index (χ0) is 19.8. The van der Waals surface area contributed by atoms with Gasteiger partial charge in [0.2, 0.25) is 0 Å². The maximum atomic E-state index is 2.51. The molecular formula is C28H25Cl2Zr. The van der Waals surface area contributed by atoms with Crippen molar-refractivity contribution in [2.75, 3.05) is 0 Å². The van der Waals surface area contributed by atoms with E-state index >= 15 is 0 Å². The Balaban J connectivity index is 0.00000136. The molecule has 0 aliphatic heterocycles. The van der Waals surface area contributed by atoms with Crippen molar-refractivity contribution in [3.8, 4) is 11.1 Å². The van der Waals surface area contributed by atoms with Crippen LogP contribution in [0.4, 0.5) is 0 Å². The van der Waals surface area contributed by atoms with E-state index in [0.717, 1.165) is 0 Å². The largest absolute Gasteiger partial charge is 1.00 e. The zero-order valence-electron chi connectivity index (χ0n) is 17.6. The van der Waals surface area contributed by atoms with Gasteiger partial charge in [-0.15, -0.1) is 0 Å². The van der Waals surface area contributed by atoms with Crippen molar-refractivity contribution >= 4 is 12.2 Å². The minimum atomic E-state index is 0. The Labute approximate surface area is 213 Å². The summed E-state index contributed by atoms with van der Waals surface area (Å²) < 4.78 is 0.533. The predicted molar refractivity (Wildman–Crippen MR) is 119 cm³/mol. The van der Waals surface area contributed by atoms with Gasteiger partial charge in [0.25, 0.3) is 0 Å². The molecule has 0 bridgehead atoms. The van der Waals surface area contributed by atoms with Crippen molar-refractivity contribution in [3.05, 3.63) is 106 Å². The third-order valence-corrected chi connectivity index (χ3v) is 7.91. The Bertz CT molecular complexity index is 1110. The van der Waals surface area contributed by atoms with Crippen LogP contribution in [0.2, 0.25) is 0 Å². The monoisotopic (exact) mass is 521 g/mol. The van der Waals surface area contributed by atoms with E-state index in [2.05, 4.69) is 91.9 Å². The molecule has 5 rings (SSSR count). The Kier molecular flexibility index (Phi) is 8.20. The first-order valence-corrected chi connectivity index (χ1v) is 12.1. The Morgan fingerprint density at radius 1 is 0.742 bits per heavy atom. The van der Waals surface area contributed by atoms with Crippen molar-refractivity contribution in [1.82, 2.24) is 0 Å². The third kappa shape index (κ3) is 4.43. The fourth-order valence-corrected chi connectivity index (χ4v) is 6.15. The molecule has 0 aromatic heterocycles. The summed E-state index contributed by atoms with van der Waals surface area (Å²) in [7, 11) is 0. The number of halogens is 2. The maximum absolute atomic E-state index is 2.51. The molecule has 155 valence electrons. The number of allylic oxidation sites excluding steroid dienone is 2. The average Bonchev–Trinajstić information content (AvgIpc) is 3.30. The van der Waals surface area contributed by atoms with Crippen LogP contribution in [0.3, 0.4) is 0 Å². The first-order valence-electron chi connectivity index (χ1n) is 10.7. The molecule has 3 aromatic rings. The number of fused-ring (bicyclic) bond motifs is 2. The van der Waals surface area contributed by atoms with Gasteiger partial charge in [0, 0.05) is 0 Å². The van der Waals surface area contributed by atoms with Gasteiger partial charge in [0.05, 0.1) is 0 Å². The average molecular weight is 524 g/mol. The Morgan fingerprint density at radius 2 is 1.45 bits per heavy atom. The number of hydrogen-bond acceptors (Lipinski definition) is 0. The van der Waals surface area contributed by atoms with E-state index in [9.17, 15) is 0 Å². The van der Waals surface area contributed by atoms with Gasteiger partial charge in [0.1, 0.15) is 0 Å². The molecule has 0 saturated heterocycles. The van der Waals surface area contributed by atoms with Crippen LogP contribution in [0.25, 0.3) is 23.3 Å². The van der Waals surface area contributed by atoms with Crippen LogP contribution in [-0.2, 0) is 24.7 Å². The van der Waals surface area contributed by atoms with Gasteiger partial charge in [-0.1, -0.05) is 0 Å². The van der Waals surface area contributed by atoms with Crippen molar-refractivity contribution in [2.24, 2.45) is 0 Å². The number of hydrogen-bond donors (Lipinski definition) is 0. The molecule has 2 aliphatic rings. The molecule has 2 atom stereocenters. The first-order chi connectivity index (χ1) is 14.3. The van der Waals surface area contributed by atoms with Crippen molar-refractivity contribution in [1.29, 1.82) is 0 Å². The topological polar surface area (TPSA) is 0 Å². The quantitative estimate of drug-likeness (QED) is 0.478. The minimum absolute atomic E-state index is 0. The summed E-state index contributed by atoms with van der Waals surface area (Å²) in [4.78, 5) is 0. The molecule has 0 spiro atoms. The number of rotatable bonds is 5. The summed E-state index contributed by atoms with van der Waals surface area (Å²) in [6.07, 6.45) is 8.78. The summed E-state index contributed by atoms with van der Waals surface area (Å²) >= 11 is 1.58. The van der Waals surface area contributed by atoms with E-state index in [4.69, 9.17) is 0 Å². The summed E-state index contributed by atoms with van der Waals surface area (Å²) in [5.41, 5.74) is 11.7. The van der Waals surface area contributed by atoms with Gasteiger partial charge in [0.15, 0.2) is 0 Å². The van der Waals surface area contributed by atoms with E-state index in [1.165, 1.54) is 52.6 Å². The van der Waals surface area contributed by atoms with E-state index in [1.807, 2.05) is 0 Å². The van der Waals surface area contributed by atoms with Crippen LogP contribution in [0, 0.1) is 0 Å². The van der Waals surface area contributed by atoms with Gasteiger partial charge < -0.3 is 24.8 Å². The first kappa shape index (κ1) is 24.2. The van der Waals surface area contributed by atoms with Crippen LogP contribution >= 0.6 is 0 Å². The number of unbranched alkanes of at least 4 members (excludes halogenated alkanes) is 1. The van der Waals surface area contributed by atoms with Crippen molar-refractivity contribution in [3.63, 3.8) is 0 Å². The Morgan fingerprint density at radius 3 is 2.23 bits per heavy atom. The van der Waals surface area contributed by atoms with Crippen molar-refractivity contribution in [2.45, 2.75) is 35.7 Å². The second-order valence-corrected chi connectivity index (χ2v) is 9.55. The fraction of sp³-hybridized carbons (Fsp3) is 0.214. The predicted octanol–water partition coefficient (Wildman–Crippen LogP) is 1.72. The molecule has 0 nitrogen and oxygen atoms in total. The fourth-order valence-electron chi connectivity index (χ4n) is 4.92. The maximum Gasteiger partial charge on any atom is -1.00 e. The van der Waals surface area contributed by atoms with Crippen molar-refractivity contribution < 1.29 is 49.5 Å². The zero-order valence-corrected chi connectivity index (χ0v) is 21.6. The SMILES string of the molecule is CCCCC1C(C2=Cc3c(-c4ccccc4)cccc3[CH]2[Zr+2])=Cc2ccccc21.[Cl-].[Cl-]. The number of benzene rings is 3. The molecule has 2 aliphatic carbocycles. The van der Waals surface area contributed by atoms with Gasteiger partial charge in [-0.25, -0.2) is 0 Å². The molecule has 3 heteroatoms. The molecule has 3 aromatic carbocycles. The van der Waals surface area contributed by atoms with Crippen LogP contribution in [0.5, 0.6) is 0 Å².